The number of aromatic nitrogens is 1. The number of rotatable bonds is 3. The number of hydrogen-bond donors (Lipinski definition) is 1. The highest BCUT2D eigenvalue weighted by Gasteiger charge is 2.38. The zero-order valence-electron chi connectivity index (χ0n) is 15.6. The van der Waals surface area contributed by atoms with Crippen LogP contribution in [0.3, 0.4) is 0 Å². The first-order chi connectivity index (χ1) is 11.6. The third kappa shape index (κ3) is 5.28. The summed E-state index contributed by atoms with van der Waals surface area (Å²) in [4.78, 5) is 6.94. The minimum Gasteiger partial charge on any atom is -0.359 e. The molecule has 3 rings (SSSR count). The van der Waals surface area contributed by atoms with Crippen LogP contribution in [0.25, 0.3) is 0 Å². The van der Waals surface area contributed by atoms with E-state index in [1.54, 1.807) is 0 Å². The van der Waals surface area contributed by atoms with Crippen molar-refractivity contribution >= 4 is 41.7 Å². The molecule has 7 heteroatoms. The fraction of sp³-hybridized carbons (Fsp3) is 0.778. The first-order valence-corrected chi connectivity index (χ1v) is 10.2. The van der Waals surface area contributed by atoms with Crippen molar-refractivity contribution in [1.82, 2.24) is 15.4 Å². The molecule has 1 aliphatic heterocycles. The monoisotopic (exact) mass is 478 g/mol. The predicted molar refractivity (Wildman–Crippen MR) is 116 cm³/mol. The summed E-state index contributed by atoms with van der Waals surface area (Å²) in [6, 6.07) is 2.04. The van der Waals surface area contributed by atoms with Crippen LogP contribution in [0.15, 0.2) is 15.6 Å². The Morgan fingerprint density at radius 2 is 2.16 bits per heavy atom. The molecule has 0 radical (unpaired) electrons. The van der Waals surface area contributed by atoms with E-state index in [-0.39, 0.29) is 24.0 Å². The molecule has 2 aliphatic rings. The SMILES string of the molecule is CN=C(NCc1cc(C(C)C)no1)N1CCSC2(CCCCC2)C1.I. The average molecular weight is 478 g/mol. The molecule has 1 aromatic heterocycles. The van der Waals surface area contributed by atoms with Gasteiger partial charge in [0.15, 0.2) is 11.7 Å². The second-order valence-electron chi connectivity index (χ2n) is 7.29. The first-order valence-electron chi connectivity index (χ1n) is 9.17. The standard InChI is InChI=1S/C18H30N4OS.HI/c1-14(2)16-11-15(23-21-16)12-20-17(19-3)22-9-10-24-18(13-22)7-5-4-6-8-18;/h11,14H,4-10,12-13H2,1-3H3,(H,19,20);1H. The van der Waals surface area contributed by atoms with Gasteiger partial charge in [0.2, 0.25) is 0 Å². The van der Waals surface area contributed by atoms with Gasteiger partial charge in [0.1, 0.15) is 0 Å². The van der Waals surface area contributed by atoms with E-state index in [1.807, 2.05) is 13.1 Å². The van der Waals surface area contributed by atoms with E-state index in [1.165, 1.54) is 37.9 Å². The molecule has 2 fully saturated rings. The Labute approximate surface area is 172 Å². The largest absolute Gasteiger partial charge is 0.359 e. The molecule has 0 amide bonds. The lowest BCUT2D eigenvalue weighted by atomic mass is 9.87. The maximum atomic E-state index is 5.43. The summed E-state index contributed by atoms with van der Waals surface area (Å²) >= 11 is 2.19. The smallest absolute Gasteiger partial charge is 0.194 e. The van der Waals surface area contributed by atoms with Gasteiger partial charge in [0.05, 0.1) is 12.2 Å². The van der Waals surface area contributed by atoms with E-state index in [0.29, 0.717) is 17.2 Å². The van der Waals surface area contributed by atoms with E-state index < -0.39 is 0 Å². The summed E-state index contributed by atoms with van der Waals surface area (Å²) in [6.45, 7) is 7.08. The third-order valence-electron chi connectivity index (χ3n) is 5.11. The van der Waals surface area contributed by atoms with Crippen LogP contribution in [-0.2, 0) is 6.54 Å². The van der Waals surface area contributed by atoms with Crippen LogP contribution < -0.4 is 5.32 Å². The minimum atomic E-state index is 0. The lowest BCUT2D eigenvalue weighted by molar-refractivity contribution is 0.291. The van der Waals surface area contributed by atoms with Crippen molar-refractivity contribution in [3.05, 3.63) is 17.5 Å². The van der Waals surface area contributed by atoms with Crippen molar-refractivity contribution in [1.29, 1.82) is 0 Å². The number of halogens is 1. The molecule has 25 heavy (non-hydrogen) atoms. The third-order valence-corrected chi connectivity index (χ3v) is 6.65. The lowest BCUT2D eigenvalue weighted by Gasteiger charge is -2.45. The zero-order chi connectivity index (χ0) is 17.0. The van der Waals surface area contributed by atoms with Gasteiger partial charge in [-0.2, -0.15) is 11.8 Å². The molecule has 1 spiro atoms. The van der Waals surface area contributed by atoms with Crippen LogP contribution in [0.2, 0.25) is 0 Å². The van der Waals surface area contributed by atoms with Gasteiger partial charge in [0, 0.05) is 36.7 Å². The maximum Gasteiger partial charge on any atom is 0.194 e. The van der Waals surface area contributed by atoms with Crippen LogP contribution >= 0.6 is 35.7 Å². The summed E-state index contributed by atoms with van der Waals surface area (Å²) < 4.78 is 5.88. The molecule has 1 aromatic rings. The normalized spacial score (nSPS) is 20.6. The molecule has 0 bridgehead atoms. The van der Waals surface area contributed by atoms with Crippen LogP contribution in [0, 0.1) is 0 Å². The number of aliphatic imine (C=N–C) groups is 1. The molecule has 142 valence electrons. The molecule has 0 aromatic carbocycles. The molecule has 1 aliphatic carbocycles. The summed E-state index contributed by atoms with van der Waals surface area (Å²) in [5.74, 6) is 3.45. The van der Waals surface area contributed by atoms with E-state index in [9.17, 15) is 0 Å². The van der Waals surface area contributed by atoms with E-state index >= 15 is 0 Å². The molecule has 1 saturated carbocycles. The maximum absolute atomic E-state index is 5.43. The summed E-state index contributed by atoms with van der Waals surface area (Å²) in [5, 5.41) is 7.59. The van der Waals surface area contributed by atoms with Crippen molar-refractivity contribution < 1.29 is 4.52 Å². The van der Waals surface area contributed by atoms with E-state index in [4.69, 9.17) is 4.52 Å². The molecule has 1 N–H and O–H groups in total. The van der Waals surface area contributed by atoms with Crippen LogP contribution in [0.5, 0.6) is 0 Å². The van der Waals surface area contributed by atoms with Crippen LogP contribution in [-0.4, -0.2) is 46.7 Å². The fourth-order valence-electron chi connectivity index (χ4n) is 3.71. The lowest BCUT2D eigenvalue weighted by Crippen LogP contribution is -2.53. The van der Waals surface area contributed by atoms with Crippen LogP contribution in [0.1, 0.15) is 63.3 Å². The average Bonchev–Trinajstić information content (AvgIpc) is 3.06. The van der Waals surface area contributed by atoms with Crippen LogP contribution in [0.4, 0.5) is 0 Å². The quantitative estimate of drug-likeness (QED) is 0.400. The first kappa shape index (κ1) is 20.9. The Bertz CT molecular complexity index is 564. The van der Waals surface area contributed by atoms with Crippen molar-refractivity contribution in [2.24, 2.45) is 4.99 Å². The number of nitrogens with one attached hydrogen (secondary N) is 1. The predicted octanol–water partition coefficient (Wildman–Crippen LogP) is 4.24. The van der Waals surface area contributed by atoms with Gasteiger partial charge in [-0.1, -0.05) is 38.3 Å². The highest BCUT2D eigenvalue weighted by atomic mass is 127. The summed E-state index contributed by atoms with van der Waals surface area (Å²) in [7, 11) is 1.87. The molecule has 2 heterocycles. The Morgan fingerprint density at radius 1 is 1.40 bits per heavy atom. The zero-order valence-corrected chi connectivity index (χ0v) is 18.7. The highest BCUT2D eigenvalue weighted by Crippen LogP contribution is 2.42. The van der Waals surface area contributed by atoms with Gasteiger partial charge in [-0.3, -0.25) is 4.99 Å². The fourth-order valence-corrected chi connectivity index (χ4v) is 5.28. The van der Waals surface area contributed by atoms with Crippen molar-refractivity contribution in [2.45, 2.75) is 63.2 Å². The van der Waals surface area contributed by atoms with E-state index in [0.717, 1.165) is 30.5 Å². The Hall–Kier alpha value is -0.440. The number of nitrogens with zero attached hydrogens (tertiary/aromatic N) is 3. The van der Waals surface area contributed by atoms with Gasteiger partial charge in [-0.15, -0.1) is 24.0 Å². The van der Waals surface area contributed by atoms with E-state index in [2.05, 4.69) is 46.0 Å². The molecule has 1 saturated heterocycles. The second kappa shape index (κ2) is 9.48. The van der Waals surface area contributed by atoms with Crippen molar-refractivity contribution in [2.75, 3.05) is 25.9 Å². The van der Waals surface area contributed by atoms with Gasteiger partial charge in [-0.05, 0) is 18.8 Å². The summed E-state index contributed by atoms with van der Waals surface area (Å²) in [6.07, 6.45) is 6.86. The van der Waals surface area contributed by atoms with Gasteiger partial charge < -0.3 is 14.7 Å². The number of hydrogen-bond acceptors (Lipinski definition) is 4. The minimum absolute atomic E-state index is 0. The number of guanidine groups is 1. The summed E-state index contributed by atoms with van der Waals surface area (Å²) in [5.41, 5.74) is 1.01. The highest BCUT2D eigenvalue weighted by molar-refractivity contribution is 14.0. The van der Waals surface area contributed by atoms with Gasteiger partial charge in [-0.25, -0.2) is 0 Å². The molecular weight excluding hydrogens is 447 g/mol. The number of thioether (sulfide) groups is 1. The molecule has 5 nitrogen and oxygen atoms in total. The van der Waals surface area contributed by atoms with Crippen molar-refractivity contribution in [3.63, 3.8) is 0 Å². The Kier molecular flexibility index (Phi) is 7.91. The molecular formula is C18H31IN4OS. The topological polar surface area (TPSA) is 53.7 Å². The Morgan fingerprint density at radius 3 is 2.80 bits per heavy atom. The van der Waals surface area contributed by atoms with Gasteiger partial charge >= 0.3 is 0 Å². The molecule has 0 atom stereocenters. The second-order valence-corrected chi connectivity index (χ2v) is 8.85. The molecule has 0 unspecified atom stereocenters. The Balaban J connectivity index is 0.00000225. The van der Waals surface area contributed by atoms with Crippen molar-refractivity contribution in [3.8, 4) is 0 Å². The van der Waals surface area contributed by atoms with Gasteiger partial charge in [0.25, 0.3) is 0 Å².